The van der Waals surface area contributed by atoms with E-state index in [1.54, 1.807) is 0 Å². The minimum absolute atomic E-state index is 0. The molecule has 0 saturated carbocycles. The van der Waals surface area contributed by atoms with E-state index in [2.05, 4.69) is 31.3 Å². The van der Waals surface area contributed by atoms with E-state index in [4.69, 9.17) is 0 Å². The molecule has 0 saturated heterocycles. The highest BCUT2D eigenvalue weighted by atomic mass is 35.5. The van der Waals surface area contributed by atoms with Gasteiger partial charge in [0, 0.05) is 13.1 Å². The second kappa shape index (κ2) is 3.46. The quantitative estimate of drug-likeness (QED) is 0.651. The van der Waals surface area contributed by atoms with Crippen molar-refractivity contribution in [1.82, 2.24) is 5.32 Å². The van der Waals surface area contributed by atoms with Crippen molar-refractivity contribution in [3.63, 3.8) is 0 Å². The summed E-state index contributed by atoms with van der Waals surface area (Å²) >= 11 is 0. The van der Waals surface area contributed by atoms with Gasteiger partial charge < -0.3 is 5.32 Å². The molecule has 1 aliphatic rings. The van der Waals surface area contributed by atoms with Gasteiger partial charge in [0.2, 0.25) is 0 Å². The third-order valence-corrected chi connectivity index (χ3v) is 2.50. The van der Waals surface area contributed by atoms with Crippen LogP contribution in [-0.4, -0.2) is 0 Å². The van der Waals surface area contributed by atoms with Crippen LogP contribution in [0.4, 0.5) is 0 Å². The lowest BCUT2D eigenvalue weighted by atomic mass is 10.0. The smallest absolute Gasteiger partial charge is 0.0214 e. The highest BCUT2D eigenvalue weighted by Crippen LogP contribution is 2.22. The van der Waals surface area contributed by atoms with Gasteiger partial charge in [0.1, 0.15) is 0 Å². The first-order valence-corrected chi connectivity index (χ1v) is 4.07. The first-order chi connectivity index (χ1) is 5.29. The maximum atomic E-state index is 3.37. The largest absolute Gasteiger partial charge is 0.309 e. The molecule has 1 heterocycles. The first-order valence-electron chi connectivity index (χ1n) is 4.07. The average Bonchev–Trinajstić information content (AvgIpc) is 2.45. The predicted octanol–water partition coefficient (Wildman–Crippen LogP) is 2.33. The SMILES string of the molecule is Cc1ccc(C)c2c1CNC2.Cl. The van der Waals surface area contributed by atoms with Gasteiger partial charge in [-0.05, 0) is 36.1 Å². The molecule has 0 spiro atoms. The molecule has 0 aromatic heterocycles. The van der Waals surface area contributed by atoms with Crippen LogP contribution in [0, 0.1) is 13.8 Å². The van der Waals surface area contributed by atoms with Crippen LogP contribution in [0.25, 0.3) is 0 Å². The van der Waals surface area contributed by atoms with Crippen LogP contribution in [0.5, 0.6) is 0 Å². The number of hydrogen-bond acceptors (Lipinski definition) is 1. The van der Waals surface area contributed by atoms with E-state index in [9.17, 15) is 0 Å². The lowest BCUT2D eigenvalue weighted by Crippen LogP contribution is -2.00. The summed E-state index contributed by atoms with van der Waals surface area (Å²) in [5.41, 5.74) is 5.89. The Labute approximate surface area is 79.6 Å². The Hall–Kier alpha value is -0.530. The van der Waals surface area contributed by atoms with Crippen molar-refractivity contribution in [2.75, 3.05) is 0 Å². The molecule has 1 aliphatic heterocycles. The van der Waals surface area contributed by atoms with Crippen molar-refractivity contribution >= 4 is 12.4 Å². The monoisotopic (exact) mass is 183 g/mol. The Morgan fingerprint density at radius 3 is 1.83 bits per heavy atom. The number of rotatable bonds is 0. The Morgan fingerprint density at radius 2 is 1.42 bits per heavy atom. The highest BCUT2D eigenvalue weighted by Gasteiger charge is 2.13. The molecule has 0 aliphatic carbocycles. The van der Waals surface area contributed by atoms with Crippen molar-refractivity contribution in [3.8, 4) is 0 Å². The van der Waals surface area contributed by atoms with Gasteiger partial charge in [-0.1, -0.05) is 12.1 Å². The van der Waals surface area contributed by atoms with Crippen LogP contribution in [-0.2, 0) is 13.1 Å². The molecule has 66 valence electrons. The average molecular weight is 184 g/mol. The summed E-state index contributed by atoms with van der Waals surface area (Å²) < 4.78 is 0. The van der Waals surface area contributed by atoms with Gasteiger partial charge in [-0.25, -0.2) is 0 Å². The van der Waals surface area contributed by atoms with Gasteiger partial charge in [-0.15, -0.1) is 12.4 Å². The summed E-state index contributed by atoms with van der Waals surface area (Å²) in [6.45, 7) is 6.49. The van der Waals surface area contributed by atoms with Crippen LogP contribution in [0.2, 0.25) is 0 Å². The van der Waals surface area contributed by atoms with Gasteiger partial charge >= 0.3 is 0 Å². The second-order valence-electron chi connectivity index (χ2n) is 3.26. The lowest BCUT2D eigenvalue weighted by molar-refractivity contribution is 0.762. The van der Waals surface area contributed by atoms with Crippen molar-refractivity contribution in [2.24, 2.45) is 0 Å². The van der Waals surface area contributed by atoms with Crippen molar-refractivity contribution in [3.05, 3.63) is 34.4 Å². The van der Waals surface area contributed by atoms with Crippen LogP contribution in [0.15, 0.2) is 12.1 Å². The van der Waals surface area contributed by atoms with Crippen molar-refractivity contribution < 1.29 is 0 Å². The number of fused-ring (bicyclic) bond motifs is 1. The minimum Gasteiger partial charge on any atom is -0.309 e. The topological polar surface area (TPSA) is 12.0 Å². The van der Waals surface area contributed by atoms with E-state index < -0.39 is 0 Å². The summed E-state index contributed by atoms with van der Waals surface area (Å²) in [6.07, 6.45) is 0. The molecule has 1 N–H and O–H groups in total. The van der Waals surface area contributed by atoms with Gasteiger partial charge in [-0.3, -0.25) is 0 Å². The summed E-state index contributed by atoms with van der Waals surface area (Å²) in [5.74, 6) is 0. The van der Waals surface area contributed by atoms with E-state index in [1.165, 1.54) is 22.3 Å². The molecular weight excluding hydrogens is 170 g/mol. The van der Waals surface area contributed by atoms with E-state index in [-0.39, 0.29) is 12.4 Å². The molecule has 1 aromatic rings. The fraction of sp³-hybridized carbons (Fsp3) is 0.400. The molecule has 0 unspecified atom stereocenters. The van der Waals surface area contributed by atoms with Crippen LogP contribution >= 0.6 is 12.4 Å². The maximum absolute atomic E-state index is 3.37. The Bertz CT molecular complexity index is 265. The number of benzene rings is 1. The molecule has 0 radical (unpaired) electrons. The molecule has 2 heteroatoms. The molecule has 1 aromatic carbocycles. The Kier molecular flexibility index (Phi) is 2.76. The van der Waals surface area contributed by atoms with Gasteiger partial charge in [0.25, 0.3) is 0 Å². The van der Waals surface area contributed by atoms with Crippen molar-refractivity contribution in [2.45, 2.75) is 26.9 Å². The summed E-state index contributed by atoms with van der Waals surface area (Å²) in [6, 6.07) is 4.42. The molecule has 2 rings (SSSR count). The van der Waals surface area contributed by atoms with Gasteiger partial charge in [-0.2, -0.15) is 0 Å². The van der Waals surface area contributed by atoms with Crippen LogP contribution < -0.4 is 5.32 Å². The molecular formula is C10H14ClN. The lowest BCUT2D eigenvalue weighted by Gasteiger charge is -2.04. The van der Waals surface area contributed by atoms with Crippen LogP contribution in [0.1, 0.15) is 22.3 Å². The number of hydrogen-bond donors (Lipinski definition) is 1. The zero-order chi connectivity index (χ0) is 7.84. The number of nitrogens with one attached hydrogen (secondary N) is 1. The number of aryl methyl sites for hydroxylation is 2. The molecule has 0 bridgehead atoms. The molecule has 0 amide bonds. The highest BCUT2D eigenvalue weighted by molar-refractivity contribution is 5.85. The van der Waals surface area contributed by atoms with Crippen molar-refractivity contribution in [1.29, 1.82) is 0 Å². The molecule has 12 heavy (non-hydrogen) atoms. The summed E-state index contributed by atoms with van der Waals surface area (Å²) in [5, 5.41) is 3.37. The van der Waals surface area contributed by atoms with E-state index in [0.29, 0.717) is 0 Å². The standard InChI is InChI=1S/C10H13N.ClH/c1-7-3-4-8(2)10-6-11-5-9(7)10;/h3-4,11H,5-6H2,1-2H3;1H. The summed E-state index contributed by atoms with van der Waals surface area (Å²) in [4.78, 5) is 0. The van der Waals surface area contributed by atoms with Gasteiger partial charge in [0.15, 0.2) is 0 Å². The third kappa shape index (κ3) is 1.35. The van der Waals surface area contributed by atoms with E-state index in [0.717, 1.165) is 13.1 Å². The summed E-state index contributed by atoms with van der Waals surface area (Å²) in [7, 11) is 0. The Balaban J connectivity index is 0.000000720. The molecule has 0 fully saturated rings. The number of halogens is 1. The van der Waals surface area contributed by atoms with Gasteiger partial charge in [0.05, 0.1) is 0 Å². The fourth-order valence-electron chi connectivity index (χ4n) is 1.73. The first kappa shape index (κ1) is 9.56. The fourth-order valence-corrected chi connectivity index (χ4v) is 1.73. The van der Waals surface area contributed by atoms with Crippen LogP contribution in [0.3, 0.4) is 0 Å². The van der Waals surface area contributed by atoms with E-state index in [1.807, 2.05) is 0 Å². The maximum Gasteiger partial charge on any atom is 0.0214 e. The molecule has 1 nitrogen and oxygen atoms in total. The Morgan fingerprint density at radius 1 is 1.00 bits per heavy atom. The predicted molar refractivity (Wildman–Crippen MR) is 53.7 cm³/mol. The minimum atomic E-state index is 0. The van der Waals surface area contributed by atoms with E-state index >= 15 is 0 Å². The normalized spacial score (nSPS) is 13.8. The third-order valence-electron chi connectivity index (χ3n) is 2.50. The molecule has 0 atom stereocenters. The zero-order valence-electron chi connectivity index (χ0n) is 7.48. The zero-order valence-corrected chi connectivity index (χ0v) is 8.29. The second-order valence-corrected chi connectivity index (χ2v) is 3.26.